The van der Waals surface area contributed by atoms with Gasteiger partial charge in [-0.3, -0.25) is 4.79 Å². The first kappa shape index (κ1) is 15.1. The van der Waals surface area contributed by atoms with Crippen LogP contribution in [0.3, 0.4) is 0 Å². The van der Waals surface area contributed by atoms with E-state index in [1.165, 1.54) is 17.7 Å². The van der Waals surface area contributed by atoms with E-state index in [2.05, 4.69) is 14.9 Å². The Bertz CT molecular complexity index is 663. The highest BCUT2D eigenvalue weighted by atomic mass is 35.5. The number of nitrogens with two attached hydrogens (primary N) is 1. The molecule has 1 aliphatic rings. The zero-order valence-electron chi connectivity index (χ0n) is 11.9. The number of amides is 1. The molecule has 1 saturated heterocycles. The lowest BCUT2D eigenvalue weighted by Crippen LogP contribution is -2.35. The number of nitrogen functional groups attached to an aromatic ring is 1. The minimum atomic E-state index is 0.0800. The highest BCUT2D eigenvalue weighted by Crippen LogP contribution is 2.27. The number of hydrogen-bond acceptors (Lipinski definition) is 6. The van der Waals surface area contributed by atoms with Gasteiger partial charge in [0.2, 0.25) is 0 Å². The fourth-order valence-corrected chi connectivity index (χ4v) is 3.34. The average molecular weight is 338 g/mol. The molecule has 2 aromatic heterocycles. The number of carbonyl (C=O) groups excluding carboxylic acids is 1. The maximum absolute atomic E-state index is 12.4. The van der Waals surface area contributed by atoms with Crippen LogP contribution in [0.25, 0.3) is 0 Å². The molecule has 0 bridgehead atoms. The average Bonchev–Trinajstić information content (AvgIpc) is 2.94. The van der Waals surface area contributed by atoms with Crippen LogP contribution in [0.15, 0.2) is 23.2 Å². The van der Waals surface area contributed by atoms with Gasteiger partial charge in [0.15, 0.2) is 5.82 Å². The van der Waals surface area contributed by atoms with Crippen LogP contribution < -0.4 is 10.6 Å². The van der Waals surface area contributed by atoms with E-state index >= 15 is 0 Å². The number of anilines is 2. The minimum Gasteiger partial charge on any atom is -0.382 e. The van der Waals surface area contributed by atoms with E-state index in [9.17, 15) is 4.79 Å². The topological polar surface area (TPSA) is 75.3 Å². The third kappa shape index (κ3) is 3.00. The molecule has 116 valence electrons. The van der Waals surface area contributed by atoms with Crippen molar-refractivity contribution in [3.8, 4) is 0 Å². The summed E-state index contributed by atoms with van der Waals surface area (Å²) in [7, 11) is 0. The summed E-state index contributed by atoms with van der Waals surface area (Å²) in [6.07, 6.45) is 2.27. The summed E-state index contributed by atoms with van der Waals surface area (Å²) < 4.78 is 0. The lowest BCUT2D eigenvalue weighted by molar-refractivity contribution is 0.0767. The van der Waals surface area contributed by atoms with Gasteiger partial charge in [-0.05, 0) is 17.9 Å². The van der Waals surface area contributed by atoms with E-state index in [0.717, 1.165) is 25.1 Å². The van der Waals surface area contributed by atoms with Crippen molar-refractivity contribution in [1.29, 1.82) is 0 Å². The summed E-state index contributed by atoms with van der Waals surface area (Å²) in [5.41, 5.74) is 6.49. The summed E-state index contributed by atoms with van der Waals surface area (Å²) in [6, 6.07) is 1.86. The van der Waals surface area contributed by atoms with E-state index < -0.39 is 0 Å². The van der Waals surface area contributed by atoms with Crippen molar-refractivity contribution in [2.75, 3.05) is 36.8 Å². The Balaban J connectivity index is 1.72. The van der Waals surface area contributed by atoms with Crippen molar-refractivity contribution in [2.45, 2.75) is 6.42 Å². The third-order valence-corrected chi connectivity index (χ3v) is 4.69. The molecule has 1 amide bonds. The normalized spacial score (nSPS) is 15.7. The first-order valence-corrected chi connectivity index (χ1v) is 8.31. The van der Waals surface area contributed by atoms with Gasteiger partial charge in [-0.15, -0.1) is 0 Å². The fraction of sp³-hybridized carbons (Fsp3) is 0.357. The van der Waals surface area contributed by atoms with E-state index in [4.69, 9.17) is 17.3 Å². The molecular formula is C14H16ClN5OS. The van der Waals surface area contributed by atoms with Gasteiger partial charge < -0.3 is 15.5 Å². The molecule has 6 nitrogen and oxygen atoms in total. The molecular weight excluding hydrogens is 322 g/mol. The molecule has 0 aliphatic carbocycles. The molecule has 22 heavy (non-hydrogen) atoms. The van der Waals surface area contributed by atoms with Crippen LogP contribution in [-0.4, -0.2) is 47.0 Å². The van der Waals surface area contributed by atoms with Crippen LogP contribution in [0.5, 0.6) is 0 Å². The lowest BCUT2D eigenvalue weighted by atomic mass is 10.3. The van der Waals surface area contributed by atoms with E-state index in [-0.39, 0.29) is 11.7 Å². The minimum absolute atomic E-state index is 0.0800. The van der Waals surface area contributed by atoms with Crippen molar-refractivity contribution in [3.05, 3.63) is 33.7 Å². The van der Waals surface area contributed by atoms with Crippen molar-refractivity contribution in [2.24, 2.45) is 0 Å². The first-order valence-electron chi connectivity index (χ1n) is 6.99. The van der Waals surface area contributed by atoms with Gasteiger partial charge in [-0.2, -0.15) is 11.3 Å². The van der Waals surface area contributed by atoms with Gasteiger partial charge >= 0.3 is 0 Å². The summed E-state index contributed by atoms with van der Waals surface area (Å²) in [4.78, 5) is 24.5. The smallest absolute Gasteiger partial charge is 0.254 e. The van der Waals surface area contributed by atoms with Gasteiger partial charge in [0.25, 0.3) is 5.91 Å². The van der Waals surface area contributed by atoms with E-state index in [1.54, 1.807) is 0 Å². The Morgan fingerprint density at radius 1 is 1.27 bits per heavy atom. The van der Waals surface area contributed by atoms with Crippen LogP contribution in [0.1, 0.15) is 16.8 Å². The highest BCUT2D eigenvalue weighted by Gasteiger charge is 2.22. The number of nitrogens with zero attached hydrogens (tertiary/aromatic N) is 4. The van der Waals surface area contributed by atoms with E-state index in [1.807, 2.05) is 21.7 Å². The van der Waals surface area contributed by atoms with Crippen LogP contribution >= 0.6 is 22.9 Å². The zero-order chi connectivity index (χ0) is 15.5. The van der Waals surface area contributed by atoms with Gasteiger partial charge in [-0.1, -0.05) is 11.6 Å². The second-order valence-corrected chi connectivity index (χ2v) is 6.20. The third-order valence-electron chi connectivity index (χ3n) is 3.65. The Morgan fingerprint density at radius 2 is 2.14 bits per heavy atom. The molecule has 0 saturated carbocycles. The Kier molecular flexibility index (Phi) is 4.44. The Morgan fingerprint density at radius 3 is 2.91 bits per heavy atom. The SMILES string of the molecule is Nc1ncnc(N2CCCN(C(=O)c3ccsc3)CC2)c1Cl. The Hall–Kier alpha value is -1.86. The number of rotatable bonds is 2. The summed E-state index contributed by atoms with van der Waals surface area (Å²) >= 11 is 7.72. The molecule has 0 radical (unpaired) electrons. The molecule has 3 rings (SSSR count). The van der Waals surface area contributed by atoms with Gasteiger partial charge in [0.05, 0.1) is 5.56 Å². The first-order chi connectivity index (χ1) is 10.7. The van der Waals surface area contributed by atoms with Crippen LogP contribution in [0.4, 0.5) is 11.6 Å². The number of halogens is 1. The summed E-state index contributed by atoms with van der Waals surface area (Å²) in [5.74, 6) is 0.998. The molecule has 0 aromatic carbocycles. The summed E-state index contributed by atoms with van der Waals surface area (Å²) in [6.45, 7) is 2.81. The molecule has 3 heterocycles. The molecule has 0 unspecified atom stereocenters. The number of thiophene rings is 1. The molecule has 2 N–H and O–H groups in total. The van der Waals surface area contributed by atoms with Gasteiger partial charge in [0, 0.05) is 31.6 Å². The predicted molar refractivity (Wildman–Crippen MR) is 88.5 cm³/mol. The molecule has 2 aromatic rings. The molecule has 0 spiro atoms. The highest BCUT2D eigenvalue weighted by molar-refractivity contribution is 7.08. The van der Waals surface area contributed by atoms with Gasteiger partial charge in [0.1, 0.15) is 17.2 Å². The Labute approximate surface area is 137 Å². The molecule has 1 aliphatic heterocycles. The maximum Gasteiger partial charge on any atom is 0.254 e. The van der Waals surface area contributed by atoms with Crippen LogP contribution in [0.2, 0.25) is 5.02 Å². The molecule has 0 atom stereocenters. The maximum atomic E-state index is 12.4. The monoisotopic (exact) mass is 337 g/mol. The van der Waals surface area contributed by atoms with Crippen molar-refractivity contribution in [1.82, 2.24) is 14.9 Å². The second kappa shape index (κ2) is 6.50. The zero-order valence-corrected chi connectivity index (χ0v) is 13.5. The summed E-state index contributed by atoms with van der Waals surface area (Å²) in [5, 5.41) is 4.17. The van der Waals surface area contributed by atoms with Crippen LogP contribution in [0, 0.1) is 0 Å². The van der Waals surface area contributed by atoms with Crippen LogP contribution in [-0.2, 0) is 0 Å². The van der Waals surface area contributed by atoms with Crippen molar-refractivity contribution < 1.29 is 4.79 Å². The lowest BCUT2D eigenvalue weighted by Gasteiger charge is -2.23. The standard InChI is InChI=1S/C14H16ClN5OS/c15-11-12(16)17-9-18-13(11)19-3-1-4-20(6-5-19)14(21)10-2-7-22-8-10/h2,7-9H,1,3-6H2,(H2,16,17,18). The van der Waals surface area contributed by atoms with Crippen molar-refractivity contribution >= 4 is 40.5 Å². The quantitative estimate of drug-likeness (QED) is 0.908. The number of carbonyl (C=O) groups is 1. The molecule has 8 heteroatoms. The fourth-order valence-electron chi connectivity index (χ4n) is 2.50. The van der Waals surface area contributed by atoms with Crippen molar-refractivity contribution in [3.63, 3.8) is 0 Å². The predicted octanol–water partition coefficient (Wildman–Crippen LogP) is 2.13. The largest absolute Gasteiger partial charge is 0.382 e. The van der Waals surface area contributed by atoms with E-state index in [0.29, 0.717) is 23.9 Å². The van der Waals surface area contributed by atoms with Gasteiger partial charge in [-0.25, -0.2) is 9.97 Å². The number of aromatic nitrogens is 2. The second-order valence-electron chi connectivity index (χ2n) is 5.04. The molecule has 1 fully saturated rings. The number of hydrogen-bond donors (Lipinski definition) is 1.